The second-order valence-corrected chi connectivity index (χ2v) is 7.33. The Bertz CT molecular complexity index is 1120. The van der Waals surface area contributed by atoms with Crippen LogP contribution in [0.25, 0.3) is 0 Å². The molecule has 0 aliphatic rings. The number of rotatable bonds is 5. The number of aromatic nitrogens is 2. The number of sulfonamides is 1. The molecule has 0 aliphatic carbocycles. The van der Waals surface area contributed by atoms with Gasteiger partial charge in [-0.25, -0.2) is 18.5 Å². The van der Waals surface area contributed by atoms with Gasteiger partial charge in [-0.2, -0.15) is 4.98 Å². The maximum atomic E-state index is 11.3. The van der Waals surface area contributed by atoms with Crippen molar-refractivity contribution in [3.63, 3.8) is 0 Å². The van der Waals surface area contributed by atoms with Crippen LogP contribution in [0.1, 0.15) is 11.1 Å². The maximum absolute atomic E-state index is 11.3. The highest BCUT2D eigenvalue weighted by molar-refractivity contribution is 7.89. The van der Waals surface area contributed by atoms with Gasteiger partial charge >= 0.3 is 0 Å². The molecule has 0 unspecified atom stereocenters. The minimum absolute atomic E-state index is 0.0358. The molecule has 7 nitrogen and oxygen atoms in total. The van der Waals surface area contributed by atoms with E-state index in [0.29, 0.717) is 17.5 Å². The third-order valence-electron chi connectivity index (χ3n) is 3.70. The number of anilines is 4. The fraction of sp³-hybridized carbons (Fsp3) is 0.0526. The van der Waals surface area contributed by atoms with Crippen LogP contribution in [-0.4, -0.2) is 18.4 Å². The normalized spacial score (nSPS) is 10.9. The monoisotopic (exact) mass is 379 g/mol. The van der Waals surface area contributed by atoms with Crippen molar-refractivity contribution in [3.8, 4) is 12.3 Å². The Morgan fingerprint density at radius 2 is 1.81 bits per heavy atom. The van der Waals surface area contributed by atoms with E-state index < -0.39 is 10.0 Å². The van der Waals surface area contributed by atoms with Gasteiger partial charge in [0.2, 0.25) is 16.0 Å². The van der Waals surface area contributed by atoms with Crippen molar-refractivity contribution in [2.45, 2.75) is 11.8 Å². The van der Waals surface area contributed by atoms with Crippen LogP contribution in [0.3, 0.4) is 0 Å². The van der Waals surface area contributed by atoms with Gasteiger partial charge in [-0.1, -0.05) is 12.0 Å². The van der Waals surface area contributed by atoms with Crippen molar-refractivity contribution in [2.24, 2.45) is 5.14 Å². The third kappa shape index (κ3) is 4.61. The van der Waals surface area contributed by atoms with E-state index in [2.05, 4.69) is 26.5 Å². The van der Waals surface area contributed by atoms with Crippen LogP contribution in [0, 0.1) is 19.3 Å². The van der Waals surface area contributed by atoms with E-state index in [1.807, 2.05) is 31.2 Å². The molecule has 3 rings (SSSR count). The smallest absolute Gasteiger partial charge is 0.238 e. The van der Waals surface area contributed by atoms with Gasteiger partial charge in [0, 0.05) is 28.7 Å². The van der Waals surface area contributed by atoms with Gasteiger partial charge in [0.1, 0.15) is 5.82 Å². The van der Waals surface area contributed by atoms with E-state index in [0.717, 1.165) is 16.8 Å². The van der Waals surface area contributed by atoms with Gasteiger partial charge in [0.05, 0.1) is 4.90 Å². The molecular formula is C19H17N5O2S. The predicted octanol–water partition coefficient (Wildman–Crippen LogP) is 2.90. The van der Waals surface area contributed by atoms with Crippen LogP contribution in [0.5, 0.6) is 0 Å². The Kier molecular flexibility index (Phi) is 5.07. The number of nitrogens with two attached hydrogens (primary N) is 1. The topological polar surface area (TPSA) is 110 Å². The molecule has 8 heteroatoms. The molecule has 0 fully saturated rings. The first-order valence-corrected chi connectivity index (χ1v) is 9.47. The van der Waals surface area contributed by atoms with Gasteiger partial charge in [-0.3, -0.25) is 0 Å². The average molecular weight is 379 g/mol. The fourth-order valence-electron chi connectivity index (χ4n) is 2.31. The van der Waals surface area contributed by atoms with Gasteiger partial charge in [-0.15, -0.1) is 6.42 Å². The Morgan fingerprint density at radius 3 is 2.48 bits per heavy atom. The van der Waals surface area contributed by atoms with Crippen molar-refractivity contribution in [3.05, 3.63) is 65.9 Å². The number of aryl methyl sites for hydroxylation is 1. The SMILES string of the molecule is C#Cc1cccc(Nc2nc(Nc3ccc(S(N)(=O)=O)cc3)ncc2C)c1. The largest absolute Gasteiger partial charge is 0.340 e. The zero-order valence-corrected chi connectivity index (χ0v) is 15.3. The molecule has 136 valence electrons. The minimum Gasteiger partial charge on any atom is -0.340 e. The third-order valence-corrected chi connectivity index (χ3v) is 4.63. The summed E-state index contributed by atoms with van der Waals surface area (Å²) in [5.74, 6) is 3.58. The summed E-state index contributed by atoms with van der Waals surface area (Å²) >= 11 is 0. The minimum atomic E-state index is -3.73. The van der Waals surface area contributed by atoms with Crippen LogP contribution < -0.4 is 15.8 Å². The molecule has 27 heavy (non-hydrogen) atoms. The Labute approximate surface area is 157 Å². The molecular weight excluding hydrogens is 362 g/mol. The molecule has 0 atom stereocenters. The number of terminal acetylenes is 1. The summed E-state index contributed by atoms with van der Waals surface area (Å²) in [6, 6.07) is 13.4. The van der Waals surface area contributed by atoms with Crippen LogP contribution in [0.2, 0.25) is 0 Å². The highest BCUT2D eigenvalue weighted by Gasteiger charge is 2.08. The number of primary sulfonamides is 1. The van der Waals surface area contributed by atoms with E-state index in [4.69, 9.17) is 11.6 Å². The van der Waals surface area contributed by atoms with Gasteiger partial charge in [0.25, 0.3) is 0 Å². The second-order valence-electron chi connectivity index (χ2n) is 5.77. The molecule has 1 heterocycles. The number of benzene rings is 2. The number of nitrogens with zero attached hydrogens (tertiary/aromatic N) is 2. The molecule has 1 aromatic heterocycles. The van der Waals surface area contributed by atoms with Crippen LogP contribution in [0.15, 0.2) is 59.6 Å². The lowest BCUT2D eigenvalue weighted by atomic mass is 10.2. The predicted molar refractivity (Wildman–Crippen MR) is 106 cm³/mol. The lowest BCUT2D eigenvalue weighted by Gasteiger charge is -2.11. The van der Waals surface area contributed by atoms with Crippen LogP contribution in [0.4, 0.5) is 23.1 Å². The van der Waals surface area contributed by atoms with E-state index in [1.54, 1.807) is 18.3 Å². The van der Waals surface area contributed by atoms with E-state index >= 15 is 0 Å². The summed E-state index contributed by atoms with van der Waals surface area (Å²) in [5.41, 5.74) is 3.07. The number of nitrogens with one attached hydrogen (secondary N) is 2. The van der Waals surface area contributed by atoms with Crippen molar-refractivity contribution in [1.82, 2.24) is 9.97 Å². The molecule has 0 bridgehead atoms. The molecule has 4 N–H and O–H groups in total. The number of hydrogen-bond donors (Lipinski definition) is 3. The molecule has 0 spiro atoms. The molecule has 0 saturated carbocycles. The van der Waals surface area contributed by atoms with E-state index in [9.17, 15) is 8.42 Å². The molecule has 3 aromatic rings. The van der Waals surface area contributed by atoms with Crippen molar-refractivity contribution in [2.75, 3.05) is 10.6 Å². The molecule has 0 saturated heterocycles. The first-order chi connectivity index (χ1) is 12.8. The summed E-state index contributed by atoms with van der Waals surface area (Å²) in [7, 11) is -3.73. The van der Waals surface area contributed by atoms with Crippen molar-refractivity contribution < 1.29 is 8.42 Å². The highest BCUT2D eigenvalue weighted by atomic mass is 32.2. The Balaban J connectivity index is 1.81. The summed E-state index contributed by atoms with van der Waals surface area (Å²) in [4.78, 5) is 8.74. The highest BCUT2D eigenvalue weighted by Crippen LogP contribution is 2.22. The standard InChI is InChI=1S/C19H17N5O2S/c1-3-14-5-4-6-16(11-14)22-18-13(2)12-21-19(24-18)23-15-7-9-17(10-8-15)27(20,25)26/h1,4-12H,2H3,(H2,20,25,26)(H2,21,22,23,24). The van der Waals surface area contributed by atoms with Crippen LogP contribution >= 0.6 is 0 Å². The van der Waals surface area contributed by atoms with Gasteiger partial charge < -0.3 is 10.6 Å². The molecule has 0 aliphatic heterocycles. The molecule has 0 amide bonds. The summed E-state index contributed by atoms with van der Waals surface area (Å²) in [6.45, 7) is 1.89. The van der Waals surface area contributed by atoms with Gasteiger partial charge in [-0.05, 0) is 49.4 Å². The zero-order chi connectivity index (χ0) is 19.4. The lowest BCUT2D eigenvalue weighted by molar-refractivity contribution is 0.598. The first-order valence-electron chi connectivity index (χ1n) is 7.92. The molecule has 0 radical (unpaired) electrons. The summed E-state index contributed by atoms with van der Waals surface area (Å²) in [6.07, 6.45) is 7.11. The summed E-state index contributed by atoms with van der Waals surface area (Å²) in [5, 5.41) is 11.3. The van der Waals surface area contributed by atoms with Crippen LogP contribution in [-0.2, 0) is 10.0 Å². The average Bonchev–Trinajstić information content (AvgIpc) is 2.64. The lowest BCUT2D eigenvalue weighted by Crippen LogP contribution is -2.11. The van der Waals surface area contributed by atoms with E-state index in [-0.39, 0.29) is 4.90 Å². The van der Waals surface area contributed by atoms with Crippen molar-refractivity contribution >= 4 is 33.2 Å². The van der Waals surface area contributed by atoms with Gasteiger partial charge in [0.15, 0.2) is 0 Å². The Morgan fingerprint density at radius 1 is 1.07 bits per heavy atom. The first kappa shape index (κ1) is 18.4. The van der Waals surface area contributed by atoms with E-state index in [1.165, 1.54) is 12.1 Å². The second kappa shape index (κ2) is 7.45. The Hall–Kier alpha value is -3.41. The quantitative estimate of drug-likeness (QED) is 0.588. The number of hydrogen-bond acceptors (Lipinski definition) is 6. The summed E-state index contributed by atoms with van der Waals surface area (Å²) < 4.78 is 22.6. The van der Waals surface area contributed by atoms with Crippen molar-refractivity contribution in [1.29, 1.82) is 0 Å². The molecule has 2 aromatic carbocycles. The zero-order valence-electron chi connectivity index (χ0n) is 14.5. The maximum Gasteiger partial charge on any atom is 0.238 e. The fourth-order valence-corrected chi connectivity index (χ4v) is 2.82.